The van der Waals surface area contributed by atoms with Gasteiger partial charge in [0.1, 0.15) is 0 Å². The molecule has 0 heterocycles. The number of nitrogens with one attached hydrogen (secondary N) is 1. The van der Waals surface area contributed by atoms with Gasteiger partial charge in [0.25, 0.3) is 0 Å². The summed E-state index contributed by atoms with van der Waals surface area (Å²) in [6.45, 7) is 9.55. The SMILES string of the molecule is COC(=O)C(C)C(C)NCC1(C(C)C)CC1. The van der Waals surface area contributed by atoms with Crippen molar-refractivity contribution in [2.75, 3.05) is 13.7 Å². The molecule has 0 spiro atoms. The zero-order valence-corrected chi connectivity index (χ0v) is 11.2. The molecule has 1 rings (SSSR count). The fraction of sp³-hybridized carbons (Fsp3) is 0.923. The zero-order chi connectivity index (χ0) is 12.3. The van der Waals surface area contributed by atoms with E-state index in [2.05, 4.69) is 26.1 Å². The van der Waals surface area contributed by atoms with Crippen LogP contribution in [0.25, 0.3) is 0 Å². The van der Waals surface area contributed by atoms with Crippen LogP contribution in [0.3, 0.4) is 0 Å². The van der Waals surface area contributed by atoms with Gasteiger partial charge in [0, 0.05) is 12.6 Å². The Labute approximate surface area is 98.9 Å². The minimum absolute atomic E-state index is 0.0760. The maximum absolute atomic E-state index is 11.4. The lowest BCUT2D eigenvalue weighted by atomic mass is 9.91. The Bertz CT molecular complexity index is 246. The van der Waals surface area contributed by atoms with Gasteiger partial charge in [-0.1, -0.05) is 20.8 Å². The van der Waals surface area contributed by atoms with E-state index in [-0.39, 0.29) is 17.9 Å². The lowest BCUT2D eigenvalue weighted by Crippen LogP contribution is -2.40. The summed E-state index contributed by atoms with van der Waals surface area (Å²) < 4.78 is 4.75. The number of methoxy groups -OCH3 is 1. The van der Waals surface area contributed by atoms with Crippen molar-refractivity contribution in [1.82, 2.24) is 5.32 Å². The summed E-state index contributed by atoms with van der Waals surface area (Å²) in [5.41, 5.74) is 0.490. The first-order valence-corrected chi connectivity index (χ1v) is 6.24. The zero-order valence-electron chi connectivity index (χ0n) is 11.2. The number of hydrogen-bond acceptors (Lipinski definition) is 3. The molecule has 1 N–H and O–H groups in total. The summed E-state index contributed by atoms with van der Waals surface area (Å²) in [5, 5.41) is 3.48. The Balaban J connectivity index is 2.35. The Hall–Kier alpha value is -0.570. The second-order valence-electron chi connectivity index (χ2n) is 5.50. The topological polar surface area (TPSA) is 38.3 Å². The second kappa shape index (κ2) is 5.17. The van der Waals surface area contributed by atoms with E-state index in [9.17, 15) is 4.79 Å². The van der Waals surface area contributed by atoms with Crippen molar-refractivity contribution in [2.45, 2.75) is 46.6 Å². The minimum atomic E-state index is -0.130. The molecule has 3 nitrogen and oxygen atoms in total. The monoisotopic (exact) mass is 227 g/mol. The summed E-state index contributed by atoms with van der Waals surface area (Å²) >= 11 is 0. The summed E-state index contributed by atoms with van der Waals surface area (Å²) in [7, 11) is 1.45. The van der Waals surface area contributed by atoms with E-state index in [0.717, 1.165) is 12.5 Å². The second-order valence-corrected chi connectivity index (χ2v) is 5.50. The molecule has 1 aliphatic carbocycles. The molecule has 0 aromatic carbocycles. The summed E-state index contributed by atoms with van der Waals surface area (Å²) in [6.07, 6.45) is 2.63. The van der Waals surface area contributed by atoms with Gasteiger partial charge in [0.05, 0.1) is 13.0 Å². The lowest BCUT2D eigenvalue weighted by Gasteiger charge is -2.25. The third-order valence-corrected chi connectivity index (χ3v) is 4.22. The van der Waals surface area contributed by atoms with Crippen LogP contribution in [0.5, 0.6) is 0 Å². The first-order chi connectivity index (χ1) is 7.43. The fourth-order valence-electron chi connectivity index (χ4n) is 2.05. The van der Waals surface area contributed by atoms with Crippen LogP contribution in [-0.2, 0) is 9.53 Å². The van der Waals surface area contributed by atoms with Crippen molar-refractivity contribution in [1.29, 1.82) is 0 Å². The van der Waals surface area contributed by atoms with Crippen molar-refractivity contribution in [3.05, 3.63) is 0 Å². The smallest absolute Gasteiger partial charge is 0.309 e. The normalized spacial score (nSPS) is 21.6. The van der Waals surface area contributed by atoms with Crippen molar-refractivity contribution >= 4 is 5.97 Å². The number of ether oxygens (including phenoxy) is 1. The molecule has 1 aliphatic rings. The fourth-order valence-corrected chi connectivity index (χ4v) is 2.05. The van der Waals surface area contributed by atoms with Crippen molar-refractivity contribution in [2.24, 2.45) is 17.3 Å². The predicted molar refractivity (Wildman–Crippen MR) is 65.1 cm³/mol. The lowest BCUT2D eigenvalue weighted by molar-refractivity contribution is -0.145. The highest BCUT2D eigenvalue weighted by Gasteiger charge is 2.45. The first-order valence-electron chi connectivity index (χ1n) is 6.24. The average molecular weight is 227 g/mol. The van der Waals surface area contributed by atoms with Gasteiger partial charge >= 0.3 is 5.97 Å². The summed E-state index contributed by atoms with van der Waals surface area (Å²) in [4.78, 5) is 11.4. The van der Waals surface area contributed by atoms with Gasteiger partial charge < -0.3 is 10.1 Å². The molecule has 1 fully saturated rings. The molecule has 0 aliphatic heterocycles. The van der Waals surface area contributed by atoms with E-state index in [4.69, 9.17) is 4.74 Å². The largest absolute Gasteiger partial charge is 0.469 e. The maximum Gasteiger partial charge on any atom is 0.309 e. The van der Waals surface area contributed by atoms with Gasteiger partial charge in [-0.25, -0.2) is 0 Å². The van der Waals surface area contributed by atoms with Gasteiger partial charge in [-0.2, -0.15) is 0 Å². The number of esters is 1. The van der Waals surface area contributed by atoms with Crippen LogP contribution in [0.2, 0.25) is 0 Å². The molecular formula is C13H25NO2. The van der Waals surface area contributed by atoms with Crippen molar-refractivity contribution < 1.29 is 9.53 Å². The maximum atomic E-state index is 11.4. The molecule has 0 saturated heterocycles. The Kier molecular flexibility index (Phi) is 4.36. The van der Waals surface area contributed by atoms with Crippen LogP contribution in [0.15, 0.2) is 0 Å². The minimum Gasteiger partial charge on any atom is -0.469 e. The molecule has 0 aromatic rings. The van der Waals surface area contributed by atoms with E-state index >= 15 is 0 Å². The van der Waals surface area contributed by atoms with E-state index < -0.39 is 0 Å². The molecule has 94 valence electrons. The molecule has 16 heavy (non-hydrogen) atoms. The van der Waals surface area contributed by atoms with Crippen LogP contribution in [0.4, 0.5) is 0 Å². The highest BCUT2D eigenvalue weighted by molar-refractivity contribution is 5.72. The van der Waals surface area contributed by atoms with Gasteiger partial charge in [-0.15, -0.1) is 0 Å². The number of carbonyl (C=O) groups excluding carboxylic acids is 1. The van der Waals surface area contributed by atoms with Crippen molar-refractivity contribution in [3.63, 3.8) is 0 Å². The quantitative estimate of drug-likeness (QED) is 0.707. The summed E-state index contributed by atoms with van der Waals surface area (Å²) in [5.74, 6) is 0.517. The van der Waals surface area contributed by atoms with E-state index in [0.29, 0.717) is 5.41 Å². The molecule has 0 amide bonds. The van der Waals surface area contributed by atoms with Crippen LogP contribution < -0.4 is 5.32 Å². The van der Waals surface area contributed by atoms with Gasteiger partial charge in [-0.05, 0) is 31.1 Å². The van der Waals surface area contributed by atoms with Crippen LogP contribution in [0, 0.1) is 17.3 Å². The third kappa shape index (κ3) is 2.97. The third-order valence-electron chi connectivity index (χ3n) is 4.22. The predicted octanol–water partition coefficient (Wildman–Crippen LogP) is 2.21. The summed E-state index contributed by atoms with van der Waals surface area (Å²) in [6, 6.07) is 0.184. The van der Waals surface area contributed by atoms with Crippen molar-refractivity contribution in [3.8, 4) is 0 Å². The molecule has 2 unspecified atom stereocenters. The molecule has 0 radical (unpaired) electrons. The Morgan fingerprint density at radius 3 is 2.25 bits per heavy atom. The van der Waals surface area contributed by atoms with Crippen LogP contribution in [-0.4, -0.2) is 25.7 Å². The number of rotatable bonds is 6. The Morgan fingerprint density at radius 1 is 1.31 bits per heavy atom. The molecule has 3 heteroatoms. The first kappa shape index (κ1) is 13.5. The standard InChI is InChI=1S/C13H25NO2/c1-9(2)13(6-7-13)8-14-11(4)10(3)12(15)16-5/h9-11,14H,6-8H2,1-5H3. The van der Waals surface area contributed by atoms with Crippen LogP contribution >= 0.6 is 0 Å². The average Bonchev–Trinajstić information content (AvgIpc) is 3.04. The molecule has 2 atom stereocenters. The number of carbonyl (C=O) groups is 1. The highest BCUT2D eigenvalue weighted by atomic mass is 16.5. The molecular weight excluding hydrogens is 202 g/mol. The molecule has 0 bridgehead atoms. The van der Waals surface area contributed by atoms with Gasteiger partial charge in [0.2, 0.25) is 0 Å². The molecule has 1 saturated carbocycles. The highest BCUT2D eigenvalue weighted by Crippen LogP contribution is 2.51. The van der Waals surface area contributed by atoms with Crippen LogP contribution in [0.1, 0.15) is 40.5 Å². The molecule has 0 aromatic heterocycles. The van der Waals surface area contributed by atoms with Gasteiger partial charge in [0.15, 0.2) is 0 Å². The number of hydrogen-bond donors (Lipinski definition) is 1. The van der Waals surface area contributed by atoms with E-state index in [1.807, 2.05) is 6.92 Å². The Morgan fingerprint density at radius 2 is 1.88 bits per heavy atom. The van der Waals surface area contributed by atoms with E-state index in [1.165, 1.54) is 20.0 Å². The van der Waals surface area contributed by atoms with E-state index in [1.54, 1.807) is 0 Å². The van der Waals surface area contributed by atoms with Gasteiger partial charge in [-0.3, -0.25) is 4.79 Å².